The summed E-state index contributed by atoms with van der Waals surface area (Å²) in [4.78, 5) is 13.1. The molecule has 1 amide bonds. The number of halogens is 1. The summed E-state index contributed by atoms with van der Waals surface area (Å²) in [6, 6.07) is 4.79. The first-order valence-corrected chi connectivity index (χ1v) is 7.55. The van der Waals surface area contributed by atoms with Gasteiger partial charge in [-0.3, -0.25) is 4.79 Å². The summed E-state index contributed by atoms with van der Waals surface area (Å²) in [5.74, 6) is -1.38. The maximum Gasteiger partial charge on any atom is 0.227 e. The van der Waals surface area contributed by atoms with Crippen LogP contribution < -0.4 is 10.0 Å². The van der Waals surface area contributed by atoms with Crippen LogP contribution >= 0.6 is 0 Å². The predicted octanol–water partition coefficient (Wildman–Crippen LogP) is 0.776. The summed E-state index contributed by atoms with van der Waals surface area (Å²) < 4.78 is 36.0. The van der Waals surface area contributed by atoms with Crippen molar-refractivity contribution in [3.63, 3.8) is 0 Å². The van der Waals surface area contributed by atoms with Crippen molar-refractivity contribution in [1.29, 1.82) is 0 Å². The second-order valence-electron chi connectivity index (χ2n) is 4.81. The lowest BCUT2D eigenvalue weighted by Crippen LogP contribution is -2.28. The van der Waals surface area contributed by atoms with Gasteiger partial charge in [-0.25, -0.2) is 17.9 Å². The minimum atomic E-state index is -3.63. The molecular formula is C12H15FN2O3S. The molecule has 1 aliphatic heterocycles. The van der Waals surface area contributed by atoms with Crippen LogP contribution in [0.3, 0.4) is 0 Å². The molecule has 1 atom stereocenters. The molecule has 0 saturated carbocycles. The number of hydrogen-bond donors (Lipinski definition) is 1. The zero-order valence-corrected chi connectivity index (χ0v) is 11.3. The van der Waals surface area contributed by atoms with Gasteiger partial charge in [-0.1, -0.05) is 12.1 Å². The number of primary sulfonamides is 1. The number of anilines is 1. The number of nitrogens with two attached hydrogens (primary N) is 1. The molecule has 0 radical (unpaired) electrons. The van der Waals surface area contributed by atoms with Gasteiger partial charge in [0.2, 0.25) is 15.9 Å². The van der Waals surface area contributed by atoms with Gasteiger partial charge in [0.15, 0.2) is 0 Å². The number of carbonyl (C=O) groups is 1. The molecule has 0 aliphatic carbocycles. The maximum absolute atomic E-state index is 14.0. The second-order valence-corrected chi connectivity index (χ2v) is 6.47. The summed E-state index contributed by atoms with van der Waals surface area (Å²) in [5, 5.41) is 4.97. The zero-order chi connectivity index (χ0) is 14.2. The highest BCUT2D eigenvalue weighted by atomic mass is 32.2. The molecule has 5 nitrogen and oxygen atoms in total. The second kappa shape index (κ2) is 4.90. The number of aryl methyl sites for hydroxylation is 1. The molecule has 0 aromatic heterocycles. The van der Waals surface area contributed by atoms with Gasteiger partial charge in [0.25, 0.3) is 0 Å². The summed E-state index contributed by atoms with van der Waals surface area (Å²) in [6.07, 6.45) is 0.0732. The maximum atomic E-state index is 14.0. The molecule has 1 fully saturated rings. The Labute approximate surface area is 111 Å². The smallest absolute Gasteiger partial charge is 0.227 e. The number of rotatable bonds is 3. The third kappa shape index (κ3) is 3.10. The van der Waals surface area contributed by atoms with E-state index in [0.717, 1.165) is 0 Å². The summed E-state index contributed by atoms with van der Waals surface area (Å²) in [5.41, 5.74) is 0.641. The van der Waals surface area contributed by atoms with Gasteiger partial charge in [-0.05, 0) is 18.6 Å². The van der Waals surface area contributed by atoms with Crippen LogP contribution in [0, 0.1) is 18.7 Å². The van der Waals surface area contributed by atoms with Crippen molar-refractivity contribution in [2.24, 2.45) is 11.1 Å². The van der Waals surface area contributed by atoms with Crippen molar-refractivity contribution in [3.8, 4) is 0 Å². The van der Waals surface area contributed by atoms with E-state index in [4.69, 9.17) is 5.14 Å². The monoisotopic (exact) mass is 286 g/mol. The highest BCUT2D eigenvalue weighted by Gasteiger charge is 2.34. The van der Waals surface area contributed by atoms with Crippen LogP contribution in [0.15, 0.2) is 18.2 Å². The number of benzene rings is 1. The predicted molar refractivity (Wildman–Crippen MR) is 69.6 cm³/mol. The largest absolute Gasteiger partial charge is 0.309 e. The van der Waals surface area contributed by atoms with Crippen molar-refractivity contribution in [2.75, 3.05) is 17.2 Å². The fourth-order valence-electron chi connectivity index (χ4n) is 2.29. The first-order chi connectivity index (χ1) is 8.78. The topological polar surface area (TPSA) is 80.5 Å². The molecule has 2 N–H and O–H groups in total. The fourth-order valence-corrected chi connectivity index (χ4v) is 3.18. The molecule has 2 rings (SSSR count). The molecule has 1 unspecified atom stereocenters. The van der Waals surface area contributed by atoms with Crippen molar-refractivity contribution in [2.45, 2.75) is 13.3 Å². The quantitative estimate of drug-likeness (QED) is 0.891. The lowest BCUT2D eigenvalue weighted by Gasteiger charge is -2.18. The van der Waals surface area contributed by atoms with Gasteiger partial charge in [0.1, 0.15) is 5.82 Å². The number of hydrogen-bond acceptors (Lipinski definition) is 3. The van der Waals surface area contributed by atoms with E-state index in [1.165, 1.54) is 11.0 Å². The Balaban J connectivity index is 2.23. The van der Waals surface area contributed by atoms with E-state index in [-0.39, 0.29) is 36.2 Å². The van der Waals surface area contributed by atoms with E-state index in [9.17, 15) is 17.6 Å². The first kappa shape index (κ1) is 14.0. The van der Waals surface area contributed by atoms with Crippen LogP contribution in [-0.2, 0) is 14.8 Å². The molecule has 104 valence electrons. The molecular weight excluding hydrogens is 271 g/mol. The molecule has 0 spiro atoms. The molecule has 19 heavy (non-hydrogen) atoms. The molecule has 1 aromatic carbocycles. The zero-order valence-electron chi connectivity index (χ0n) is 10.5. The first-order valence-electron chi connectivity index (χ1n) is 5.84. The van der Waals surface area contributed by atoms with E-state index in [1.54, 1.807) is 19.1 Å². The summed E-state index contributed by atoms with van der Waals surface area (Å²) >= 11 is 0. The average molecular weight is 286 g/mol. The van der Waals surface area contributed by atoms with E-state index in [2.05, 4.69) is 0 Å². The SMILES string of the molecule is Cc1cccc(N2CC(CS(N)(=O)=O)CC2=O)c1F. The molecule has 1 aliphatic rings. The van der Waals surface area contributed by atoms with Crippen molar-refractivity contribution < 1.29 is 17.6 Å². The van der Waals surface area contributed by atoms with Gasteiger partial charge >= 0.3 is 0 Å². The lowest BCUT2D eigenvalue weighted by molar-refractivity contribution is -0.117. The number of nitrogens with zero attached hydrogens (tertiary/aromatic N) is 1. The Bertz CT molecular complexity index is 615. The highest BCUT2D eigenvalue weighted by molar-refractivity contribution is 7.89. The number of sulfonamides is 1. The van der Waals surface area contributed by atoms with Crippen LogP contribution in [0.1, 0.15) is 12.0 Å². The van der Waals surface area contributed by atoms with Crippen LogP contribution in [0.5, 0.6) is 0 Å². The Kier molecular flexibility index (Phi) is 3.60. The number of carbonyl (C=O) groups excluding carboxylic acids is 1. The summed E-state index contributed by atoms with van der Waals surface area (Å²) in [6.45, 7) is 1.79. The van der Waals surface area contributed by atoms with Gasteiger partial charge < -0.3 is 4.90 Å². The fraction of sp³-hybridized carbons (Fsp3) is 0.417. The number of amides is 1. The van der Waals surface area contributed by atoms with E-state index in [1.807, 2.05) is 0 Å². The molecule has 1 saturated heterocycles. The minimum absolute atomic E-state index is 0.0732. The lowest BCUT2D eigenvalue weighted by atomic mass is 10.1. The van der Waals surface area contributed by atoms with Crippen molar-refractivity contribution >= 4 is 21.6 Å². The third-order valence-electron chi connectivity index (χ3n) is 3.14. The van der Waals surface area contributed by atoms with Crippen LogP contribution in [-0.4, -0.2) is 26.6 Å². The van der Waals surface area contributed by atoms with Crippen molar-refractivity contribution in [3.05, 3.63) is 29.6 Å². The van der Waals surface area contributed by atoms with Gasteiger partial charge in [-0.2, -0.15) is 0 Å². The van der Waals surface area contributed by atoms with Crippen LogP contribution in [0.25, 0.3) is 0 Å². The van der Waals surface area contributed by atoms with Crippen LogP contribution in [0.4, 0.5) is 10.1 Å². The normalized spacial score (nSPS) is 20.1. The van der Waals surface area contributed by atoms with Gasteiger partial charge in [0, 0.05) is 18.9 Å². The minimum Gasteiger partial charge on any atom is -0.309 e. The van der Waals surface area contributed by atoms with Crippen LogP contribution in [0.2, 0.25) is 0 Å². The Morgan fingerprint density at radius 3 is 2.79 bits per heavy atom. The van der Waals surface area contributed by atoms with E-state index in [0.29, 0.717) is 5.56 Å². The molecule has 1 heterocycles. The van der Waals surface area contributed by atoms with Gasteiger partial charge in [-0.15, -0.1) is 0 Å². The summed E-state index contributed by atoms with van der Waals surface area (Å²) in [7, 11) is -3.63. The van der Waals surface area contributed by atoms with E-state index >= 15 is 0 Å². The molecule has 7 heteroatoms. The molecule has 0 bridgehead atoms. The van der Waals surface area contributed by atoms with Crippen molar-refractivity contribution in [1.82, 2.24) is 0 Å². The Hall–Kier alpha value is -1.47. The average Bonchev–Trinajstić information content (AvgIpc) is 2.61. The standard InChI is InChI=1S/C12H15FN2O3S/c1-8-3-2-4-10(12(8)13)15-6-9(5-11(15)16)7-19(14,17)18/h2-4,9H,5-7H2,1H3,(H2,14,17,18). The third-order valence-corrected chi connectivity index (χ3v) is 4.07. The Morgan fingerprint density at radius 1 is 1.47 bits per heavy atom. The van der Waals surface area contributed by atoms with E-state index < -0.39 is 15.8 Å². The van der Waals surface area contributed by atoms with Gasteiger partial charge in [0.05, 0.1) is 11.4 Å². The highest BCUT2D eigenvalue weighted by Crippen LogP contribution is 2.29. The molecule has 1 aromatic rings. The Morgan fingerprint density at radius 2 is 2.16 bits per heavy atom.